The molecular formula is C17H27BrN2. The molecule has 1 aromatic carbocycles. The molecule has 2 N–H and O–H groups in total. The first-order valence-electron chi connectivity index (χ1n) is 7.85. The van der Waals surface area contributed by atoms with E-state index in [0.717, 1.165) is 6.42 Å². The highest BCUT2D eigenvalue weighted by molar-refractivity contribution is 9.10. The van der Waals surface area contributed by atoms with Gasteiger partial charge in [-0.25, -0.2) is 0 Å². The van der Waals surface area contributed by atoms with Gasteiger partial charge in [0.05, 0.1) is 5.69 Å². The van der Waals surface area contributed by atoms with Crippen LogP contribution in [0, 0.1) is 0 Å². The molecule has 1 saturated carbocycles. The van der Waals surface area contributed by atoms with E-state index in [0.29, 0.717) is 6.04 Å². The quantitative estimate of drug-likeness (QED) is 0.819. The number of hydrogen-bond acceptors (Lipinski definition) is 2. The highest BCUT2D eigenvalue weighted by atomic mass is 79.9. The molecule has 0 spiro atoms. The minimum Gasteiger partial charge on any atom is -0.371 e. The molecule has 1 unspecified atom stereocenters. The number of anilines is 1. The molecule has 112 valence electrons. The molecule has 1 atom stereocenters. The average molecular weight is 339 g/mol. The van der Waals surface area contributed by atoms with Crippen LogP contribution in [0.4, 0.5) is 5.69 Å². The summed E-state index contributed by atoms with van der Waals surface area (Å²) in [5.41, 5.74) is 8.50. The Bertz CT molecular complexity index is 423. The maximum atomic E-state index is 5.88. The SMILES string of the molecule is CC(N)Cc1ccc(N(C)C2CCCCCC2)c(Br)c1. The van der Waals surface area contributed by atoms with E-state index in [4.69, 9.17) is 5.73 Å². The van der Waals surface area contributed by atoms with Crippen molar-refractivity contribution >= 4 is 21.6 Å². The fraction of sp³-hybridized carbons (Fsp3) is 0.647. The van der Waals surface area contributed by atoms with Gasteiger partial charge in [0.1, 0.15) is 0 Å². The van der Waals surface area contributed by atoms with Gasteiger partial charge in [-0.05, 0) is 59.8 Å². The molecule has 0 aromatic heterocycles. The largest absolute Gasteiger partial charge is 0.371 e. The van der Waals surface area contributed by atoms with Crippen molar-refractivity contribution in [2.24, 2.45) is 5.73 Å². The van der Waals surface area contributed by atoms with Crippen LogP contribution in [0.5, 0.6) is 0 Å². The van der Waals surface area contributed by atoms with Crippen LogP contribution >= 0.6 is 15.9 Å². The zero-order chi connectivity index (χ0) is 14.5. The summed E-state index contributed by atoms with van der Waals surface area (Å²) in [6, 6.07) is 7.59. The summed E-state index contributed by atoms with van der Waals surface area (Å²) < 4.78 is 1.20. The van der Waals surface area contributed by atoms with Gasteiger partial charge in [0, 0.05) is 23.6 Å². The second kappa shape index (κ2) is 7.46. The standard InChI is InChI=1S/C17H27BrN2/c1-13(19)11-14-9-10-17(16(18)12-14)20(2)15-7-5-3-4-6-8-15/h9-10,12-13,15H,3-8,11,19H2,1-2H3. The van der Waals surface area contributed by atoms with Gasteiger partial charge in [0.15, 0.2) is 0 Å². The van der Waals surface area contributed by atoms with Gasteiger partial charge >= 0.3 is 0 Å². The van der Waals surface area contributed by atoms with Crippen LogP contribution in [0.25, 0.3) is 0 Å². The second-order valence-corrected chi connectivity index (χ2v) is 7.08. The molecule has 0 radical (unpaired) electrons. The van der Waals surface area contributed by atoms with Crippen LogP contribution in [-0.4, -0.2) is 19.1 Å². The van der Waals surface area contributed by atoms with Gasteiger partial charge in [0.2, 0.25) is 0 Å². The zero-order valence-electron chi connectivity index (χ0n) is 12.7. The molecule has 1 aliphatic rings. The lowest BCUT2D eigenvalue weighted by Gasteiger charge is -2.30. The third-order valence-corrected chi connectivity index (χ3v) is 4.96. The monoisotopic (exact) mass is 338 g/mol. The number of halogens is 1. The van der Waals surface area contributed by atoms with Crippen LogP contribution in [0.2, 0.25) is 0 Å². The van der Waals surface area contributed by atoms with Gasteiger partial charge in [-0.15, -0.1) is 0 Å². The fourth-order valence-corrected chi connectivity index (χ4v) is 3.88. The van der Waals surface area contributed by atoms with E-state index in [2.05, 4.69) is 53.0 Å². The summed E-state index contributed by atoms with van der Waals surface area (Å²) in [6.45, 7) is 2.06. The van der Waals surface area contributed by atoms with Crippen molar-refractivity contribution in [3.63, 3.8) is 0 Å². The maximum Gasteiger partial charge on any atom is 0.0510 e. The Kier molecular flexibility index (Phi) is 5.91. The Balaban J connectivity index is 2.10. The summed E-state index contributed by atoms with van der Waals surface area (Å²) >= 11 is 3.74. The van der Waals surface area contributed by atoms with Crippen molar-refractivity contribution in [1.82, 2.24) is 0 Å². The van der Waals surface area contributed by atoms with E-state index in [1.807, 2.05) is 0 Å². The summed E-state index contributed by atoms with van der Waals surface area (Å²) in [7, 11) is 2.24. The van der Waals surface area contributed by atoms with Gasteiger partial charge in [0.25, 0.3) is 0 Å². The number of benzene rings is 1. The van der Waals surface area contributed by atoms with Crippen LogP contribution < -0.4 is 10.6 Å². The number of hydrogen-bond donors (Lipinski definition) is 1. The second-order valence-electron chi connectivity index (χ2n) is 6.22. The molecule has 0 bridgehead atoms. The topological polar surface area (TPSA) is 29.3 Å². The molecule has 1 aromatic rings. The molecule has 0 saturated heterocycles. The van der Waals surface area contributed by atoms with E-state index in [-0.39, 0.29) is 6.04 Å². The molecule has 2 rings (SSSR count). The van der Waals surface area contributed by atoms with Crippen LogP contribution in [-0.2, 0) is 6.42 Å². The first-order chi connectivity index (χ1) is 9.58. The molecule has 0 aliphatic heterocycles. The summed E-state index contributed by atoms with van der Waals surface area (Å²) in [4.78, 5) is 2.46. The van der Waals surface area contributed by atoms with Gasteiger partial charge in [-0.3, -0.25) is 0 Å². The molecule has 0 heterocycles. The average Bonchev–Trinajstić information content (AvgIpc) is 2.66. The Hall–Kier alpha value is -0.540. The predicted octanol–water partition coefficient (Wildman–Crippen LogP) is 4.50. The van der Waals surface area contributed by atoms with E-state index < -0.39 is 0 Å². The summed E-state index contributed by atoms with van der Waals surface area (Å²) in [5, 5.41) is 0. The van der Waals surface area contributed by atoms with Crippen molar-refractivity contribution in [3.05, 3.63) is 28.2 Å². The molecule has 20 heavy (non-hydrogen) atoms. The van der Waals surface area contributed by atoms with E-state index in [9.17, 15) is 0 Å². The third kappa shape index (κ3) is 4.23. The van der Waals surface area contributed by atoms with E-state index in [1.165, 1.54) is 54.2 Å². The lowest BCUT2D eigenvalue weighted by Crippen LogP contribution is -2.31. The first-order valence-corrected chi connectivity index (χ1v) is 8.64. The van der Waals surface area contributed by atoms with Crippen molar-refractivity contribution in [1.29, 1.82) is 0 Å². The molecular weight excluding hydrogens is 312 g/mol. The van der Waals surface area contributed by atoms with Gasteiger partial charge < -0.3 is 10.6 Å². The summed E-state index contributed by atoms with van der Waals surface area (Å²) in [5.74, 6) is 0. The predicted molar refractivity (Wildman–Crippen MR) is 91.4 cm³/mol. The van der Waals surface area contributed by atoms with Crippen LogP contribution in [0.1, 0.15) is 51.0 Å². The summed E-state index contributed by atoms with van der Waals surface area (Å²) in [6.07, 6.45) is 9.13. The molecule has 3 heteroatoms. The van der Waals surface area contributed by atoms with Crippen molar-refractivity contribution in [2.75, 3.05) is 11.9 Å². The lowest BCUT2D eigenvalue weighted by molar-refractivity contribution is 0.552. The Morgan fingerprint density at radius 3 is 2.45 bits per heavy atom. The molecule has 1 aliphatic carbocycles. The Morgan fingerprint density at radius 2 is 1.90 bits per heavy atom. The Morgan fingerprint density at radius 1 is 1.25 bits per heavy atom. The third-order valence-electron chi connectivity index (χ3n) is 4.32. The fourth-order valence-electron chi connectivity index (χ4n) is 3.18. The van der Waals surface area contributed by atoms with E-state index >= 15 is 0 Å². The van der Waals surface area contributed by atoms with Crippen molar-refractivity contribution < 1.29 is 0 Å². The molecule has 0 amide bonds. The molecule has 1 fully saturated rings. The highest BCUT2D eigenvalue weighted by Crippen LogP contribution is 2.31. The number of rotatable bonds is 4. The van der Waals surface area contributed by atoms with Gasteiger partial charge in [-0.1, -0.05) is 31.7 Å². The lowest BCUT2D eigenvalue weighted by atomic mass is 10.0. The highest BCUT2D eigenvalue weighted by Gasteiger charge is 2.19. The Labute approximate surface area is 131 Å². The number of nitrogens with two attached hydrogens (primary N) is 1. The van der Waals surface area contributed by atoms with Crippen molar-refractivity contribution in [2.45, 2.75) is 64.0 Å². The molecule has 2 nitrogen and oxygen atoms in total. The zero-order valence-corrected chi connectivity index (χ0v) is 14.3. The van der Waals surface area contributed by atoms with Gasteiger partial charge in [-0.2, -0.15) is 0 Å². The number of nitrogens with zero attached hydrogens (tertiary/aromatic N) is 1. The van der Waals surface area contributed by atoms with E-state index in [1.54, 1.807) is 0 Å². The van der Waals surface area contributed by atoms with Crippen LogP contribution in [0.15, 0.2) is 22.7 Å². The minimum absolute atomic E-state index is 0.215. The smallest absolute Gasteiger partial charge is 0.0510 e. The minimum atomic E-state index is 0.215. The first kappa shape index (κ1) is 15.8. The normalized spacial score (nSPS) is 18.6. The van der Waals surface area contributed by atoms with Crippen LogP contribution in [0.3, 0.4) is 0 Å². The van der Waals surface area contributed by atoms with Crippen molar-refractivity contribution in [3.8, 4) is 0 Å². The maximum absolute atomic E-state index is 5.88.